The van der Waals surface area contributed by atoms with E-state index in [1.165, 1.54) is 57.3 Å². The third-order valence-electron chi connectivity index (χ3n) is 16.3. The molecule has 11 atom stereocenters. The van der Waals surface area contributed by atoms with Gasteiger partial charge in [-0.05, 0) is 111 Å². The Labute approximate surface area is 584 Å². The van der Waals surface area contributed by atoms with Crippen LogP contribution in [0.3, 0.4) is 0 Å². The standard InChI is InChI=1S/C67H99N19O15/c1-34(2)28-48(81-57(93)36(5)29-38-16-20-41(88)21-17-38)59(95)83-50(32-53(69)91)60(96)82-49(31-40-33-77-44-13-9-8-12-43(40)44)61(97)84-54(35(3)4)63(99)85-55(37(6)87)64(100)78-45(14-10-26-75-66(71)72)58(94)79-46(24-25-52(68)90)65(101)86(7)51(15-11-27-76-67(73)74)62(98)80-47(56(70)92)30-39-18-22-42(89)23-19-39/h8-9,12-13,16-23,33-37,45-51,54-55,77,87-89H,10-11,14-15,24-32H2,1-7H3,(H2,68,90)(H2,69,91)(H2,70,92)(H,78,100)(H,79,94)(H,80,98)(H,81,93)(H,82,96)(H,83,95)(H,84,97)(H,85,99)(H4,71,72,75)(H4,73,74,76)/t36-,37+,45-,46-,47-,48-,49-,50-,51-,54-,55-/m0/s1. The van der Waals surface area contributed by atoms with Crippen LogP contribution in [0.25, 0.3) is 10.9 Å². The summed E-state index contributed by atoms with van der Waals surface area (Å²) in [7, 11) is 1.22. The van der Waals surface area contributed by atoms with Gasteiger partial charge in [0.05, 0.1) is 12.5 Å². The Morgan fingerprint density at radius 2 is 0.980 bits per heavy atom. The topological polar surface area (TPSA) is 588 Å². The van der Waals surface area contributed by atoms with Crippen molar-refractivity contribution in [2.45, 2.75) is 173 Å². The number of aliphatic hydroxyl groups excluding tert-OH is 1. The summed E-state index contributed by atoms with van der Waals surface area (Å²) < 4.78 is 0. The van der Waals surface area contributed by atoms with Gasteiger partial charge >= 0.3 is 0 Å². The van der Waals surface area contributed by atoms with Gasteiger partial charge in [0.15, 0.2) is 11.9 Å². The lowest BCUT2D eigenvalue weighted by atomic mass is 9.98. The number of primary amides is 3. The number of hydrogen-bond donors (Lipinski definition) is 19. The zero-order valence-corrected chi connectivity index (χ0v) is 57.8. The molecule has 0 bridgehead atoms. The van der Waals surface area contributed by atoms with Crippen LogP contribution < -0.4 is 82.7 Å². The van der Waals surface area contributed by atoms with Crippen molar-refractivity contribution in [3.63, 3.8) is 0 Å². The molecule has 0 unspecified atom stereocenters. The molecule has 4 aromatic rings. The van der Waals surface area contributed by atoms with Crippen LogP contribution in [0.2, 0.25) is 0 Å². The molecule has 34 nitrogen and oxygen atoms in total. The number of para-hydroxylation sites is 1. The van der Waals surface area contributed by atoms with E-state index in [0.717, 1.165) is 17.4 Å². The maximum atomic E-state index is 14.8. The van der Waals surface area contributed by atoms with E-state index in [-0.39, 0.29) is 93.8 Å². The number of aliphatic hydroxyl groups is 1. The molecule has 3 aromatic carbocycles. The molecule has 26 N–H and O–H groups in total. The minimum atomic E-state index is -1.89. The third-order valence-corrected chi connectivity index (χ3v) is 16.3. The van der Waals surface area contributed by atoms with Crippen LogP contribution in [0, 0.1) is 17.8 Å². The Bertz CT molecular complexity index is 3570. The van der Waals surface area contributed by atoms with E-state index >= 15 is 0 Å². The summed E-state index contributed by atoms with van der Waals surface area (Å²) in [6.07, 6.45) is -2.24. The Hall–Kier alpha value is -11.1. The lowest BCUT2D eigenvalue weighted by molar-refractivity contribution is -0.143. The molecule has 0 fully saturated rings. The fourth-order valence-corrected chi connectivity index (χ4v) is 10.8. The van der Waals surface area contributed by atoms with Crippen LogP contribution >= 0.6 is 0 Å². The number of fused-ring (bicyclic) bond motifs is 1. The number of benzene rings is 3. The maximum absolute atomic E-state index is 14.8. The van der Waals surface area contributed by atoms with E-state index in [4.69, 9.17) is 40.1 Å². The van der Waals surface area contributed by atoms with Gasteiger partial charge in [-0.3, -0.25) is 67.5 Å². The zero-order valence-electron chi connectivity index (χ0n) is 57.8. The number of H-pyrrole nitrogens is 1. The van der Waals surface area contributed by atoms with Gasteiger partial charge in [0, 0.05) is 62.4 Å². The van der Waals surface area contributed by atoms with Crippen molar-refractivity contribution in [3.8, 4) is 11.5 Å². The number of aromatic hydroxyl groups is 2. The van der Waals surface area contributed by atoms with Gasteiger partial charge in [0.1, 0.15) is 65.9 Å². The smallest absolute Gasteiger partial charge is 0.245 e. The fourth-order valence-electron chi connectivity index (χ4n) is 10.8. The monoisotopic (exact) mass is 1410 g/mol. The summed E-state index contributed by atoms with van der Waals surface area (Å²) in [5.41, 5.74) is 41.4. The number of phenols is 2. The summed E-state index contributed by atoms with van der Waals surface area (Å²) in [5, 5.41) is 52.0. The van der Waals surface area contributed by atoms with E-state index in [0.29, 0.717) is 22.0 Å². The van der Waals surface area contributed by atoms with Gasteiger partial charge < -0.3 is 108 Å². The molecule has 34 heteroatoms. The van der Waals surface area contributed by atoms with E-state index in [1.807, 2.05) is 0 Å². The van der Waals surface area contributed by atoms with Crippen LogP contribution in [0.1, 0.15) is 110 Å². The molecular weight excluding hydrogens is 1310 g/mol. The highest BCUT2D eigenvalue weighted by Gasteiger charge is 2.39. The average molecular weight is 1410 g/mol. The normalized spacial score (nSPS) is 14.4. The quantitative estimate of drug-likeness (QED) is 0.0118. The van der Waals surface area contributed by atoms with Crippen LogP contribution in [0.5, 0.6) is 11.5 Å². The molecule has 0 saturated heterocycles. The van der Waals surface area contributed by atoms with Crippen LogP contribution in [-0.2, 0) is 76.8 Å². The molecule has 1 aromatic heterocycles. The molecule has 552 valence electrons. The molecule has 4 rings (SSSR count). The molecular formula is C67H99N19O15. The molecule has 0 saturated carbocycles. The van der Waals surface area contributed by atoms with Crippen molar-refractivity contribution in [1.29, 1.82) is 0 Å². The number of likely N-dealkylation sites (N-methyl/N-ethyl adjacent to an activating group) is 1. The minimum Gasteiger partial charge on any atom is -0.508 e. The average Bonchev–Trinajstić information content (AvgIpc) is 1.78. The molecule has 1 heterocycles. The fraction of sp³-hybridized carbons (Fsp3) is 0.493. The third kappa shape index (κ3) is 27.6. The van der Waals surface area contributed by atoms with E-state index in [1.54, 1.807) is 63.4 Å². The van der Waals surface area contributed by atoms with Crippen molar-refractivity contribution in [1.82, 2.24) is 52.4 Å². The second kappa shape index (κ2) is 40.1. The lowest BCUT2D eigenvalue weighted by Gasteiger charge is -2.32. The molecule has 0 aliphatic rings. The summed E-state index contributed by atoms with van der Waals surface area (Å²) in [6, 6.07) is 4.99. The Balaban J connectivity index is 1.64. The lowest BCUT2D eigenvalue weighted by Crippen LogP contribution is -2.63. The Kier molecular flexibility index (Phi) is 32.7. The molecule has 0 aliphatic heterocycles. The number of guanidine groups is 2. The Morgan fingerprint density at radius 1 is 0.495 bits per heavy atom. The predicted octanol–water partition coefficient (Wildman–Crippen LogP) is -3.24. The maximum Gasteiger partial charge on any atom is 0.245 e. The van der Waals surface area contributed by atoms with E-state index in [9.17, 15) is 72.9 Å². The van der Waals surface area contributed by atoms with Gasteiger partial charge in [0.25, 0.3) is 0 Å². The van der Waals surface area contributed by atoms with Gasteiger partial charge in [-0.15, -0.1) is 0 Å². The van der Waals surface area contributed by atoms with Crippen molar-refractivity contribution in [2.24, 2.45) is 67.9 Å². The number of aliphatic imine (C=N–C) groups is 2. The highest BCUT2D eigenvalue weighted by Crippen LogP contribution is 2.22. The first-order chi connectivity index (χ1) is 47.5. The molecule has 101 heavy (non-hydrogen) atoms. The largest absolute Gasteiger partial charge is 0.508 e. The van der Waals surface area contributed by atoms with Crippen molar-refractivity contribution in [3.05, 3.63) is 95.7 Å². The summed E-state index contributed by atoms with van der Waals surface area (Å²) in [4.78, 5) is 179. The first-order valence-corrected chi connectivity index (χ1v) is 33.0. The first-order valence-electron chi connectivity index (χ1n) is 33.0. The van der Waals surface area contributed by atoms with Crippen molar-refractivity contribution >= 4 is 93.7 Å². The molecule has 12 amide bonds. The number of amides is 12. The predicted molar refractivity (Wildman–Crippen MR) is 374 cm³/mol. The number of aromatic nitrogens is 1. The van der Waals surface area contributed by atoms with Crippen molar-refractivity contribution in [2.75, 3.05) is 20.1 Å². The summed E-state index contributed by atoms with van der Waals surface area (Å²) >= 11 is 0. The first kappa shape index (κ1) is 82.4. The number of nitrogens with one attached hydrogen (secondary N) is 9. The summed E-state index contributed by atoms with van der Waals surface area (Å²) in [5.74, 6) is -13.6. The van der Waals surface area contributed by atoms with Crippen LogP contribution in [-0.4, -0.2) is 189 Å². The van der Waals surface area contributed by atoms with Gasteiger partial charge in [-0.1, -0.05) is 77.1 Å². The van der Waals surface area contributed by atoms with Crippen LogP contribution in [0.15, 0.2) is 89.0 Å². The SMILES string of the molecule is CC(C)C[C@H](NC(=O)[C@@H](C)Cc1ccc(O)cc1)C(=O)N[C@@H](CC(N)=O)C(=O)N[C@@H](Cc1c[nH]c2ccccc12)C(=O)N[C@H](C(=O)N[C@H](C(=O)N[C@@H](CCCN=C(N)N)C(=O)N[C@@H](CCC(N)=O)C(=O)N(C)[C@@H](CCCN=C(N)N)C(=O)N[C@@H](Cc1ccc(O)cc1)C(N)=O)[C@@H](C)O)C(C)C. The number of carbonyl (C=O) groups excluding carboxylic acids is 12. The van der Waals surface area contributed by atoms with Gasteiger partial charge in [-0.2, -0.15) is 0 Å². The molecule has 0 radical (unpaired) electrons. The molecule has 0 aliphatic carbocycles. The summed E-state index contributed by atoms with van der Waals surface area (Å²) in [6.45, 7) is 9.36. The Morgan fingerprint density at radius 3 is 1.52 bits per heavy atom. The van der Waals surface area contributed by atoms with Gasteiger partial charge in [-0.25, -0.2) is 0 Å². The zero-order chi connectivity index (χ0) is 75.4. The minimum absolute atomic E-state index is 0.0148. The second-order valence-electron chi connectivity index (χ2n) is 25.6. The number of carbonyl (C=O) groups is 12. The second-order valence-corrected chi connectivity index (χ2v) is 25.6. The number of hydrogen-bond acceptors (Lipinski definition) is 17. The van der Waals surface area contributed by atoms with Crippen molar-refractivity contribution < 1.29 is 72.9 Å². The highest BCUT2D eigenvalue weighted by atomic mass is 16.3. The van der Waals surface area contributed by atoms with E-state index in [2.05, 4.69) is 57.5 Å². The van der Waals surface area contributed by atoms with Gasteiger partial charge in [0.2, 0.25) is 70.9 Å². The van der Waals surface area contributed by atoms with E-state index < -0.39 is 162 Å². The number of nitrogens with two attached hydrogens (primary N) is 7. The molecule has 0 spiro atoms. The number of rotatable bonds is 42. The number of aromatic amines is 1. The highest BCUT2D eigenvalue weighted by molar-refractivity contribution is 6.00. The number of phenolic OH excluding ortho intramolecular Hbond substituents is 2. The van der Waals surface area contributed by atoms with Crippen LogP contribution in [0.4, 0.5) is 0 Å². The number of nitrogens with zero attached hydrogens (tertiary/aromatic N) is 3.